The first-order chi connectivity index (χ1) is 12.0. The first-order valence-corrected chi connectivity index (χ1v) is 9.65. The zero-order valence-corrected chi connectivity index (χ0v) is 14.7. The summed E-state index contributed by atoms with van der Waals surface area (Å²) in [6.07, 6.45) is 2.00. The summed E-state index contributed by atoms with van der Waals surface area (Å²) in [5.41, 5.74) is 2.82. The molecular weight excluding hydrogens is 342 g/mol. The summed E-state index contributed by atoms with van der Waals surface area (Å²) in [5.74, 6) is -0.450. The second-order valence-electron chi connectivity index (χ2n) is 6.39. The van der Waals surface area contributed by atoms with Crippen LogP contribution in [0.1, 0.15) is 23.2 Å². The number of aryl methyl sites for hydroxylation is 2. The fourth-order valence-electron chi connectivity index (χ4n) is 3.23. The molecule has 7 heteroatoms. The monoisotopic (exact) mass is 361 g/mol. The van der Waals surface area contributed by atoms with Gasteiger partial charge in [-0.25, -0.2) is 4.98 Å². The summed E-state index contributed by atoms with van der Waals surface area (Å²) in [4.78, 5) is 4.50. The van der Waals surface area contributed by atoms with Crippen molar-refractivity contribution in [2.24, 2.45) is 0 Å². The van der Waals surface area contributed by atoms with Gasteiger partial charge < -0.3 is 13.7 Å². The summed E-state index contributed by atoms with van der Waals surface area (Å²) >= 11 is 0. The van der Waals surface area contributed by atoms with Crippen molar-refractivity contribution in [3.8, 4) is 5.88 Å². The van der Waals surface area contributed by atoms with E-state index in [1.54, 1.807) is 18.2 Å². The number of fused-ring (bicyclic) bond motifs is 1. The van der Waals surface area contributed by atoms with E-state index in [1.807, 2.05) is 13.0 Å². The molecular formula is C18H19NO5S. The molecule has 1 aromatic heterocycles. The van der Waals surface area contributed by atoms with E-state index in [2.05, 4.69) is 4.98 Å². The third kappa shape index (κ3) is 3.27. The van der Waals surface area contributed by atoms with Gasteiger partial charge in [0.2, 0.25) is 5.88 Å². The van der Waals surface area contributed by atoms with Crippen LogP contribution in [0.3, 0.4) is 0 Å². The molecule has 132 valence electrons. The number of rotatable bonds is 3. The van der Waals surface area contributed by atoms with Crippen LogP contribution < -0.4 is 4.18 Å². The highest BCUT2D eigenvalue weighted by Gasteiger charge is 2.40. The second-order valence-corrected chi connectivity index (χ2v) is 7.94. The maximum absolute atomic E-state index is 12.4. The molecule has 0 saturated carbocycles. The predicted octanol–water partition coefficient (Wildman–Crippen LogP) is 2.39. The molecule has 0 amide bonds. The van der Waals surface area contributed by atoms with E-state index in [4.69, 9.17) is 13.7 Å². The highest BCUT2D eigenvalue weighted by atomic mass is 32.2. The summed E-state index contributed by atoms with van der Waals surface area (Å²) < 4.78 is 41.5. The number of hydrogen-bond acceptors (Lipinski definition) is 6. The van der Waals surface area contributed by atoms with Crippen molar-refractivity contribution in [1.29, 1.82) is 0 Å². The molecule has 2 aromatic rings. The fourth-order valence-corrected chi connectivity index (χ4v) is 4.11. The Hall–Kier alpha value is -1.96. The smallest absolute Gasteiger partial charge is 0.340 e. The third-order valence-electron chi connectivity index (χ3n) is 4.56. The van der Waals surface area contributed by atoms with E-state index < -0.39 is 15.9 Å². The lowest BCUT2D eigenvalue weighted by molar-refractivity contribution is -0.164. The number of pyridine rings is 1. The van der Waals surface area contributed by atoms with Gasteiger partial charge in [-0.05, 0) is 31.0 Å². The second kappa shape index (κ2) is 6.09. The van der Waals surface area contributed by atoms with Crippen LogP contribution in [0.2, 0.25) is 0 Å². The minimum atomic E-state index is -3.89. The van der Waals surface area contributed by atoms with Gasteiger partial charge in [-0.1, -0.05) is 23.8 Å². The molecule has 1 fully saturated rings. The van der Waals surface area contributed by atoms with E-state index in [-0.39, 0.29) is 10.8 Å². The van der Waals surface area contributed by atoms with Crippen molar-refractivity contribution >= 4 is 10.1 Å². The highest BCUT2D eigenvalue weighted by Crippen LogP contribution is 2.35. The Bertz CT molecular complexity index is 886. The molecule has 25 heavy (non-hydrogen) atoms. The van der Waals surface area contributed by atoms with Crippen LogP contribution in [0, 0.1) is 6.92 Å². The third-order valence-corrected chi connectivity index (χ3v) is 5.80. The molecule has 0 radical (unpaired) electrons. The maximum atomic E-state index is 12.4. The Balaban J connectivity index is 1.55. The Labute approximate surface area is 146 Å². The topological polar surface area (TPSA) is 74.7 Å². The standard InChI is InChI=1S/C18H19NO5S/c1-13-2-5-15(6-3-13)25(20,21)24-17-7-4-14-12-18(22-10-11-23-18)9-8-16(14)19-17/h2-7H,8-12H2,1H3. The zero-order valence-electron chi connectivity index (χ0n) is 13.9. The van der Waals surface area contributed by atoms with Gasteiger partial charge in [0.1, 0.15) is 4.90 Å². The molecule has 1 saturated heterocycles. The van der Waals surface area contributed by atoms with Gasteiger partial charge in [-0.2, -0.15) is 8.42 Å². The molecule has 2 heterocycles. The Morgan fingerprint density at radius 2 is 1.80 bits per heavy atom. The number of nitrogens with zero attached hydrogens (tertiary/aromatic N) is 1. The predicted molar refractivity (Wildman–Crippen MR) is 89.9 cm³/mol. The van der Waals surface area contributed by atoms with Crippen molar-refractivity contribution < 1.29 is 22.1 Å². The SMILES string of the molecule is Cc1ccc(S(=O)(=O)Oc2ccc3c(n2)CCC2(C3)OCCO2)cc1. The van der Waals surface area contributed by atoms with Gasteiger partial charge in [-0.15, -0.1) is 0 Å². The Morgan fingerprint density at radius 3 is 2.52 bits per heavy atom. The van der Waals surface area contributed by atoms with E-state index in [1.165, 1.54) is 12.1 Å². The highest BCUT2D eigenvalue weighted by molar-refractivity contribution is 7.87. The molecule has 2 aliphatic rings. The minimum Gasteiger partial charge on any atom is -0.358 e. The number of aromatic nitrogens is 1. The summed E-state index contributed by atoms with van der Waals surface area (Å²) in [5, 5.41) is 0. The molecule has 0 atom stereocenters. The van der Waals surface area contributed by atoms with Gasteiger partial charge in [0.05, 0.1) is 13.2 Å². The number of ether oxygens (including phenoxy) is 2. The van der Waals surface area contributed by atoms with Crippen LogP contribution in [0.15, 0.2) is 41.3 Å². The normalized spacial score (nSPS) is 18.9. The van der Waals surface area contributed by atoms with Crippen molar-refractivity contribution in [3.63, 3.8) is 0 Å². The lowest BCUT2D eigenvalue weighted by atomic mass is 9.91. The van der Waals surface area contributed by atoms with Crippen molar-refractivity contribution in [1.82, 2.24) is 4.98 Å². The lowest BCUT2D eigenvalue weighted by Gasteiger charge is -2.32. The van der Waals surface area contributed by atoms with Gasteiger partial charge in [0, 0.05) is 24.6 Å². The van der Waals surface area contributed by atoms with Crippen LogP contribution in [0.25, 0.3) is 0 Å². The van der Waals surface area contributed by atoms with Crippen molar-refractivity contribution in [2.75, 3.05) is 13.2 Å². The van der Waals surface area contributed by atoms with Gasteiger partial charge in [0.15, 0.2) is 5.79 Å². The molecule has 1 aliphatic heterocycles. The fraction of sp³-hybridized carbons (Fsp3) is 0.389. The largest absolute Gasteiger partial charge is 0.358 e. The summed E-state index contributed by atoms with van der Waals surface area (Å²) in [7, 11) is -3.89. The van der Waals surface area contributed by atoms with E-state index in [0.29, 0.717) is 32.5 Å². The van der Waals surface area contributed by atoms with Crippen LogP contribution >= 0.6 is 0 Å². The molecule has 1 aliphatic carbocycles. The molecule has 4 rings (SSSR count). The van der Waals surface area contributed by atoms with Crippen LogP contribution in [-0.4, -0.2) is 32.4 Å². The quantitative estimate of drug-likeness (QED) is 0.782. The molecule has 1 spiro atoms. The first-order valence-electron chi connectivity index (χ1n) is 8.24. The summed E-state index contributed by atoms with van der Waals surface area (Å²) in [6.45, 7) is 3.12. The van der Waals surface area contributed by atoms with Crippen molar-refractivity contribution in [2.45, 2.75) is 36.9 Å². The van der Waals surface area contributed by atoms with E-state index >= 15 is 0 Å². The Kier molecular flexibility index (Phi) is 4.02. The summed E-state index contributed by atoms with van der Waals surface area (Å²) in [6, 6.07) is 9.95. The van der Waals surface area contributed by atoms with Crippen molar-refractivity contribution in [3.05, 3.63) is 53.2 Å². The number of hydrogen-bond donors (Lipinski definition) is 0. The van der Waals surface area contributed by atoms with E-state index in [9.17, 15) is 8.42 Å². The molecule has 0 bridgehead atoms. The van der Waals surface area contributed by atoms with Crippen LogP contribution in [0.4, 0.5) is 0 Å². The molecule has 0 N–H and O–H groups in total. The van der Waals surface area contributed by atoms with Gasteiger partial charge >= 0.3 is 10.1 Å². The van der Waals surface area contributed by atoms with Gasteiger partial charge in [0.25, 0.3) is 0 Å². The van der Waals surface area contributed by atoms with E-state index in [0.717, 1.165) is 16.8 Å². The Morgan fingerprint density at radius 1 is 1.08 bits per heavy atom. The molecule has 6 nitrogen and oxygen atoms in total. The minimum absolute atomic E-state index is 0.0866. The van der Waals surface area contributed by atoms with Crippen LogP contribution in [0.5, 0.6) is 5.88 Å². The average Bonchev–Trinajstić information content (AvgIpc) is 3.03. The average molecular weight is 361 g/mol. The molecule has 1 aromatic carbocycles. The number of benzene rings is 1. The lowest BCUT2D eigenvalue weighted by Crippen LogP contribution is -2.37. The zero-order chi connectivity index (χ0) is 17.5. The van der Waals surface area contributed by atoms with Crippen LogP contribution in [-0.2, 0) is 32.4 Å². The van der Waals surface area contributed by atoms with Gasteiger partial charge in [-0.3, -0.25) is 0 Å². The molecule has 0 unspecified atom stereocenters. The first kappa shape index (κ1) is 16.5. The maximum Gasteiger partial charge on any atom is 0.340 e.